The van der Waals surface area contributed by atoms with Crippen LogP contribution >= 0.6 is 0 Å². The van der Waals surface area contributed by atoms with Gasteiger partial charge in [0.25, 0.3) is 11.6 Å². The lowest BCUT2D eigenvalue weighted by atomic mass is 10.2. The summed E-state index contributed by atoms with van der Waals surface area (Å²) in [6.07, 6.45) is 0.801. The maximum atomic E-state index is 13.7. The normalized spacial score (nSPS) is 10.2. The molecule has 2 aromatic carbocycles. The quantitative estimate of drug-likeness (QED) is 0.354. The molecule has 0 heterocycles. The van der Waals surface area contributed by atoms with Crippen LogP contribution < -0.4 is 14.8 Å². The van der Waals surface area contributed by atoms with Crippen LogP contribution in [0.15, 0.2) is 36.4 Å². The molecule has 2 rings (SSSR count). The lowest BCUT2D eigenvalue weighted by Crippen LogP contribution is -2.21. The number of rotatable bonds is 10. The van der Waals surface area contributed by atoms with Gasteiger partial charge >= 0.3 is 5.97 Å². The topological polar surface area (TPSA) is 117 Å². The number of benzene rings is 2. The molecule has 0 radical (unpaired) electrons. The summed E-state index contributed by atoms with van der Waals surface area (Å²) in [6, 6.07) is 7.17. The molecule has 9 nitrogen and oxygen atoms in total. The highest BCUT2D eigenvalue weighted by Crippen LogP contribution is 2.29. The Labute approximate surface area is 171 Å². The third-order valence-electron chi connectivity index (χ3n) is 3.71. The number of non-ortho nitro benzene ring substituents is 1. The lowest BCUT2D eigenvalue weighted by molar-refractivity contribution is -0.384. The van der Waals surface area contributed by atoms with E-state index in [1.165, 1.54) is 12.1 Å². The van der Waals surface area contributed by atoms with Crippen molar-refractivity contribution < 1.29 is 33.1 Å². The minimum Gasteiger partial charge on any atom is -0.490 e. The summed E-state index contributed by atoms with van der Waals surface area (Å²) in [5.74, 6) is -1.66. The first-order chi connectivity index (χ1) is 14.3. The number of halogens is 1. The first-order valence-electron chi connectivity index (χ1n) is 9.16. The second-order valence-electron chi connectivity index (χ2n) is 5.99. The van der Waals surface area contributed by atoms with E-state index in [1.807, 2.05) is 6.92 Å². The molecule has 0 aliphatic rings. The standard InChI is InChI=1S/C20H21FN2O7/c1-3-9-29-17-8-5-13(10-18(17)28-4-2)20(25)30-12-19(24)22-16-11-14(23(26)27)6-7-15(16)21/h5-8,10-11H,3-4,9,12H2,1-2H3,(H,22,24). The van der Waals surface area contributed by atoms with Crippen molar-refractivity contribution in [2.75, 3.05) is 25.1 Å². The maximum Gasteiger partial charge on any atom is 0.338 e. The molecule has 10 heteroatoms. The van der Waals surface area contributed by atoms with E-state index in [4.69, 9.17) is 14.2 Å². The second kappa shape index (κ2) is 10.7. The van der Waals surface area contributed by atoms with Gasteiger partial charge in [0, 0.05) is 12.1 Å². The number of anilines is 1. The molecule has 0 saturated heterocycles. The first kappa shape index (κ1) is 22.6. The van der Waals surface area contributed by atoms with E-state index >= 15 is 0 Å². The van der Waals surface area contributed by atoms with Crippen LogP contribution in [0.2, 0.25) is 0 Å². The molecule has 160 valence electrons. The van der Waals surface area contributed by atoms with Crippen LogP contribution in [0.5, 0.6) is 11.5 Å². The Hall–Kier alpha value is -3.69. The Morgan fingerprint density at radius 3 is 2.53 bits per heavy atom. The Kier molecular flexibility index (Phi) is 8.09. The summed E-state index contributed by atoms with van der Waals surface area (Å²) in [4.78, 5) is 34.2. The average Bonchev–Trinajstić information content (AvgIpc) is 2.72. The van der Waals surface area contributed by atoms with Crippen molar-refractivity contribution in [2.24, 2.45) is 0 Å². The fourth-order valence-corrected chi connectivity index (χ4v) is 2.36. The molecule has 2 aromatic rings. The number of amides is 1. The van der Waals surface area contributed by atoms with Gasteiger partial charge < -0.3 is 19.5 Å². The maximum absolute atomic E-state index is 13.7. The minimum absolute atomic E-state index is 0.136. The Morgan fingerprint density at radius 1 is 1.10 bits per heavy atom. The molecule has 0 atom stereocenters. The van der Waals surface area contributed by atoms with Crippen molar-refractivity contribution in [3.63, 3.8) is 0 Å². The molecule has 1 amide bonds. The molecule has 0 fully saturated rings. The number of nitro groups is 1. The van der Waals surface area contributed by atoms with Crippen molar-refractivity contribution in [2.45, 2.75) is 20.3 Å². The third kappa shape index (κ3) is 6.16. The van der Waals surface area contributed by atoms with Crippen molar-refractivity contribution in [1.29, 1.82) is 0 Å². The molecule has 0 aliphatic heterocycles. The third-order valence-corrected chi connectivity index (χ3v) is 3.71. The zero-order chi connectivity index (χ0) is 22.1. The van der Waals surface area contributed by atoms with Crippen LogP contribution in [-0.2, 0) is 9.53 Å². The van der Waals surface area contributed by atoms with E-state index in [1.54, 1.807) is 13.0 Å². The van der Waals surface area contributed by atoms with E-state index in [2.05, 4.69) is 5.32 Å². The van der Waals surface area contributed by atoms with Crippen LogP contribution in [0.25, 0.3) is 0 Å². The van der Waals surface area contributed by atoms with Gasteiger partial charge in [0.05, 0.1) is 29.4 Å². The molecule has 0 aromatic heterocycles. The fraction of sp³-hybridized carbons (Fsp3) is 0.300. The number of hydrogen-bond acceptors (Lipinski definition) is 7. The van der Waals surface area contributed by atoms with Gasteiger partial charge in [-0.2, -0.15) is 0 Å². The van der Waals surface area contributed by atoms with E-state index in [9.17, 15) is 24.1 Å². The van der Waals surface area contributed by atoms with E-state index in [-0.39, 0.29) is 11.3 Å². The van der Waals surface area contributed by atoms with Crippen LogP contribution in [0.1, 0.15) is 30.6 Å². The first-order valence-corrected chi connectivity index (χ1v) is 9.16. The Morgan fingerprint density at radius 2 is 1.87 bits per heavy atom. The van der Waals surface area contributed by atoms with Gasteiger partial charge in [-0.05, 0) is 37.6 Å². The van der Waals surface area contributed by atoms with Crippen LogP contribution in [0.3, 0.4) is 0 Å². The van der Waals surface area contributed by atoms with Gasteiger partial charge in [-0.3, -0.25) is 14.9 Å². The van der Waals surface area contributed by atoms with Gasteiger partial charge in [0.2, 0.25) is 0 Å². The summed E-state index contributed by atoms with van der Waals surface area (Å²) in [5.41, 5.74) is -0.643. The molecule has 0 spiro atoms. The Bertz CT molecular complexity index is 933. The predicted octanol–water partition coefficient (Wildman–Crippen LogP) is 3.72. The van der Waals surface area contributed by atoms with Gasteiger partial charge in [-0.15, -0.1) is 0 Å². The smallest absolute Gasteiger partial charge is 0.338 e. The SMILES string of the molecule is CCCOc1ccc(C(=O)OCC(=O)Nc2cc([N+](=O)[O-])ccc2F)cc1OCC. The minimum atomic E-state index is -0.857. The van der Waals surface area contributed by atoms with Crippen molar-refractivity contribution in [3.8, 4) is 11.5 Å². The number of carbonyl (C=O) groups excluding carboxylic acids is 2. The van der Waals surface area contributed by atoms with Crippen molar-refractivity contribution >= 4 is 23.3 Å². The molecule has 0 aliphatic carbocycles. The molecule has 1 N–H and O–H groups in total. The molecule has 0 bridgehead atoms. The number of hydrogen-bond donors (Lipinski definition) is 1. The van der Waals surface area contributed by atoms with Gasteiger partial charge in [0.15, 0.2) is 18.1 Å². The lowest BCUT2D eigenvalue weighted by Gasteiger charge is -2.13. The fourth-order valence-electron chi connectivity index (χ4n) is 2.36. The molecular weight excluding hydrogens is 399 g/mol. The Balaban J connectivity index is 2.01. The number of nitrogens with one attached hydrogen (secondary N) is 1. The van der Waals surface area contributed by atoms with Gasteiger partial charge in [0.1, 0.15) is 5.82 Å². The summed E-state index contributed by atoms with van der Waals surface area (Å²) in [6.45, 7) is 3.87. The van der Waals surface area contributed by atoms with Crippen LogP contribution in [-0.4, -0.2) is 36.6 Å². The molecule has 30 heavy (non-hydrogen) atoms. The number of nitro benzene ring substituents is 1. The highest BCUT2D eigenvalue weighted by atomic mass is 19.1. The van der Waals surface area contributed by atoms with E-state index in [0.29, 0.717) is 24.7 Å². The monoisotopic (exact) mass is 420 g/mol. The number of nitrogens with zero attached hydrogens (tertiary/aromatic N) is 1. The molecular formula is C20H21FN2O7. The summed E-state index contributed by atoms with van der Waals surface area (Å²) >= 11 is 0. The summed E-state index contributed by atoms with van der Waals surface area (Å²) in [5, 5.41) is 12.9. The zero-order valence-electron chi connectivity index (χ0n) is 16.5. The number of ether oxygens (including phenoxy) is 3. The summed E-state index contributed by atoms with van der Waals surface area (Å²) in [7, 11) is 0. The second-order valence-corrected chi connectivity index (χ2v) is 5.99. The molecule has 0 unspecified atom stereocenters. The number of esters is 1. The average molecular weight is 420 g/mol. The van der Waals surface area contributed by atoms with Crippen molar-refractivity contribution in [3.05, 3.63) is 57.9 Å². The van der Waals surface area contributed by atoms with Crippen molar-refractivity contribution in [1.82, 2.24) is 0 Å². The van der Waals surface area contributed by atoms with Crippen LogP contribution in [0.4, 0.5) is 15.8 Å². The summed E-state index contributed by atoms with van der Waals surface area (Å²) < 4.78 is 29.7. The van der Waals surface area contributed by atoms with Gasteiger partial charge in [-0.25, -0.2) is 9.18 Å². The van der Waals surface area contributed by atoms with Gasteiger partial charge in [-0.1, -0.05) is 6.92 Å². The van der Waals surface area contributed by atoms with Crippen LogP contribution in [0, 0.1) is 15.9 Å². The largest absolute Gasteiger partial charge is 0.490 e. The van der Waals surface area contributed by atoms with E-state index in [0.717, 1.165) is 24.6 Å². The molecule has 0 saturated carbocycles. The zero-order valence-corrected chi connectivity index (χ0v) is 16.5. The van der Waals surface area contributed by atoms with E-state index < -0.39 is 34.9 Å². The predicted molar refractivity (Wildman–Crippen MR) is 105 cm³/mol. The highest BCUT2D eigenvalue weighted by Gasteiger charge is 2.16. The highest BCUT2D eigenvalue weighted by molar-refractivity contribution is 5.96. The number of carbonyl (C=O) groups is 2.